The van der Waals surface area contributed by atoms with Gasteiger partial charge in [-0.05, 0) is 35.8 Å². The van der Waals surface area contributed by atoms with E-state index < -0.39 is 8.32 Å². The van der Waals surface area contributed by atoms with E-state index in [1.807, 2.05) is 0 Å². The summed E-state index contributed by atoms with van der Waals surface area (Å²) in [5.74, 6) is 0. The van der Waals surface area contributed by atoms with Gasteiger partial charge in [0.05, 0.1) is 16.7 Å². The molecule has 0 fully saturated rings. The predicted octanol–water partition coefficient (Wildman–Crippen LogP) is 5.33. The van der Waals surface area contributed by atoms with E-state index in [1.165, 1.54) is 0 Å². The van der Waals surface area contributed by atoms with Gasteiger partial charge in [0.25, 0.3) is 0 Å². The molecule has 0 spiro atoms. The molecule has 0 aliphatic heterocycles. The molecule has 1 aromatic rings. The molecule has 0 amide bonds. The van der Waals surface area contributed by atoms with Crippen LogP contribution in [0.3, 0.4) is 0 Å². The fourth-order valence-electron chi connectivity index (χ4n) is 1.31. The largest absolute Gasteiger partial charge is 0.413 e. The second-order valence-corrected chi connectivity index (χ2v) is 11.8. The van der Waals surface area contributed by atoms with Crippen LogP contribution in [-0.2, 0) is 11.0 Å². The van der Waals surface area contributed by atoms with Crippen molar-refractivity contribution in [3.63, 3.8) is 0 Å². The minimum absolute atomic E-state index is 0.130. The van der Waals surface area contributed by atoms with Gasteiger partial charge in [0.2, 0.25) is 0 Å². The Morgan fingerprint density at radius 2 is 1.74 bits per heavy atom. The lowest BCUT2D eigenvalue weighted by atomic mass is 10.1. The van der Waals surface area contributed by atoms with Crippen LogP contribution >= 0.6 is 23.2 Å². The lowest BCUT2D eigenvalue weighted by Gasteiger charge is -2.36. The van der Waals surface area contributed by atoms with E-state index >= 15 is 0 Å². The molecule has 19 heavy (non-hydrogen) atoms. The van der Waals surface area contributed by atoms with E-state index in [0.29, 0.717) is 22.2 Å². The molecule has 0 atom stereocenters. The molecule has 1 rings (SSSR count). The van der Waals surface area contributed by atoms with Gasteiger partial charge in [0.15, 0.2) is 8.32 Å². The highest BCUT2D eigenvalue weighted by Crippen LogP contribution is 2.37. The summed E-state index contributed by atoms with van der Waals surface area (Å²) in [6, 6.07) is 3.29. The number of rotatable bonds is 4. The Bertz CT molecular complexity index is 479. The van der Waals surface area contributed by atoms with Crippen LogP contribution in [-0.4, -0.2) is 14.6 Å². The number of benzene rings is 1. The molecule has 0 aliphatic rings. The molecule has 0 unspecified atom stereocenters. The zero-order chi connectivity index (χ0) is 14.8. The first-order valence-corrected chi connectivity index (χ1v) is 9.82. The van der Waals surface area contributed by atoms with Crippen LogP contribution in [0.15, 0.2) is 12.1 Å². The number of hydrogen-bond donors (Lipinski definition) is 0. The zero-order valence-electron chi connectivity index (χ0n) is 12.0. The van der Waals surface area contributed by atoms with E-state index in [1.54, 1.807) is 12.1 Å². The van der Waals surface area contributed by atoms with Gasteiger partial charge in [0.1, 0.15) is 6.29 Å². The molecule has 0 N–H and O–H groups in total. The van der Waals surface area contributed by atoms with Crippen molar-refractivity contribution in [2.24, 2.45) is 0 Å². The maximum absolute atomic E-state index is 11.1. The highest BCUT2D eigenvalue weighted by Gasteiger charge is 2.37. The summed E-state index contributed by atoms with van der Waals surface area (Å²) < 4.78 is 6.10. The van der Waals surface area contributed by atoms with E-state index in [4.69, 9.17) is 27.6 Å². The lowest BCUT2D eigenvalue weighted by molar-refractivity contribution is 0.112. The second kappa shape index (κ2) is 5.96. The first-order valence-electron chi connectivity index (χ1n) is 6.15. The fourth-order valence-corrected chi connectivity index (χ4v) is 2.62. The summed E-state index contributed by atoms with van der Waals surface area (Å²) in [5, 5.41) is 0.964. The van der Waals surface area contributed by atoms with E-state index in [-0.39, 0.29) is 5.04 Å². The number of carbonyl (C=O) groups is 1. The molecule has 0 saturated heterocycles. The normalized spacial score (nSPS) is 12.6. The van der Waals surface area contributed by atoms with Gasteiger partial charge in [-0.1, -0.05) is 44.0 Å². The van der Waals surface area contributed by atoms with Crippen molar-refractivity contribution < 1.29 is 9.22 Å². The Morgan fingerprint density at radius 1 is 1.21 bits per heavy atom. The summed E-state index contributed by atoms with van der Waals surface area (Å²) in [6.07, 6.45) is 0.784. The highest BCUT2D eigenvalue weighted by molar-refractivity contribution is 6.74. The number of carbonyl (C=O) groups excluding carboxylic acids is 1. The fraction of sp³-hybridized carbons (Fsp3) is 0.500. The number of hydrogen-bond acceptors (Lipinski definition) is 2. The second-order valence-electron chi connectivity index (χ2n) is 6.13. The van der Waals surface area contributed by atoms with Gasteiger partial charge in [0, 0.05) is 5.56 Å². The monoisotopic (exact) mass is 318 g/mol. The quantitative estimate of drug-likeness (QED) is 0.554. The van der Waals surface area contributed by atoms with Gasteiger partial charge in [-0.3, -0.25) is 4.79 Å². The first-order chi connectivity index (χ1) is 8.58. The topological polar surface area (TPSA) is 26.3 Å². The molecule has 0 saturated carbocycles. The van der Waals surface area contributed by atoms with Gasteiger partial charge in [-0.25, -0.2) is 0 Å². The molecule has 0 aromatic heterocycles. The summed E-state index contributed by atoms with van der Waals surface area (Å²) in [5.41, 5.74) is 1.32. The average Bonchev–Trinajstić information content (AvgIpc) is 2.28. The summed E-state index contributed by atoms with van der Waals surface area (Å²) >= 11 is 11.9. The summed E-state index contributed by atoms with van der Waals surface area (Å²) in [6.45, 7) is 11.3. The lowest BCUT2D eigenvalue weighted by Crippen LogP contribution is -2.40. The van der Waals surface area contributed by atoms with Gasteiger partial charge < -0.3 is 4.43 Å². The summed E-state index contributed by atoms with van der Waals surface area (Å²) in [7, 11) is -1.85. The van der Waals surface area contributed by atoms with Gasteiger partial charge in [-0.2, -0.15) is 0 Å². The third kappa shape index (κ3) is 4.05. The van der Waals surface area contributed by atoms with Crippen LogP contribution < -0.4 is 0 Å². The number of aldehydes is 1. The van der Waals surface area contributed by atoms with Crippen LogP contribution in [0.5, 0.6) is 0 Å². The Kier molecular flexibility index (Phi) is 5.24. The third-order valence-corrected chi connectivity index (χ3v) is 8.90. The summed E-state index contributed by atoms with van der Waals surface area (Å²) in [4.78, 5) is 11.1. The number of halogens is 2. The molecule has 0 aliphatic carbocycles. The van der Waals surface area contributed by atoms with Crippen molar-refractivity contribution in [3.8, 4) is 0 Å². The van der Waals surface area contributed by atoms with Crippen LogP contribution in [0.1, 0.15) is 36.7 Å². The van der Waals surface area contributed by atoms with E-state index in [2.05, 4.69) is 33.9 Å². The minimum atomic E-state index is -1.85. The zero-order valence-corrected chi connectivity index (χ0v) is 14.5. The SMILES string of the molecule is CC(C)(C)[Si](C)(C)OCc1cc(Cl)c(Cl)cc1C=O. The molecule has 2 nitrogen and oxygen atoms in total. The third-order valence-electron chi connectivity index (χ3n) is 3.70. The maximum Gasteiger partial charge on any atom is 0.192 e. The van der Waals surface area contributed by atoms with Gasteiger partial charge in [-0.15, -0.1) is 0 Å². The molecule has 0 radical (unpaired) electrons. The Balaban J connectivity index is 2.95. The molecule has 0 bridgehead atoms. The van der Waals surface area contributed by atoms with Crippen LogP contribution in [0.2, 0.25) is 28.2 Å². The molecule has 5 heteroatoms. The molecular formula is C14H20Cl2O2Si. The van der Waals surface area contributed by atoms with Crippen LogP contribution in [0, 0.1) is 0 Å². The van der Waals surface area contributed by atoms with Crippen LogP contribution in [0.4, 0.5) is 0 Å². The molecule has 1 aromatic carbocycles. The Hall–Kier alpha value is -0.353. The van der Waals surface area contributed by atoms with Crippen molar-refractivity contribution in [1.29, 1.82) is 0 Å². The molecular weight excluding hydrogens is 299 g/mol. The standard InChI is InChI=1S/C14H20Cl2O2Si/c1-14(2,3)19(4,5)18-9-11-7-13(16)12(15)6-10(11)8-17/h6-8H,9H2,1-5H3. The molecule has 0 heterocycles. The van der Waals surface area contributed by atoms with Crippen molar-refractivity contribution in [1.82, 2.24) is 0 Å². The van der Waals surface area contributed by atoms with Crippen molar-refractivity contribution in [2.45, 2.75) is 45.5 Å². The van der Waals surface area contributed by atoms with Crippen molar-refractivity contribution >= 4 is 37.8 Å². The highest BCUT2D eigenvalue weighted by atomic mass is 35.5. The van der Waals surface area contributed by atoms with Gasteiger partial charge >= 0.3 is 0 Å². The smallest absolute Gasteiger partial charge is 0.192 e. The van der Waals surface area contributed by atoms with E-state index in [9.17, 15) is 4.79 Å². The van der Waals surface area contributed by atoms with Crippen molar-refractivity contribution in [2.75, 3.05) is 0 Å². The average molecular weight is 319 g/mol. The first kappa shape index (κ1) is 16.7. The minimum Gasteiger partial charge on any atom is -0.413 e. The Labute approximate surface area is 126 Å². The Morgan fingerprint density at radius 3 is 2.21 bits per heavy atom. The van der Waals surface area contributed by atoms with E-state index in [0.717, 1.165) is 11.8 Å². The van der Waals surface area contributed by atoms with Crippen molar-refractivity contribution in [3.05, 3.63) is 33.3 Å². The predicted molar refractivity (Wildman–Crippen MR) is 83.8 cm³/mol. The maximum atomic E-state index is 11.1. The van der Waals surface area contributed by atoms with Crippen LogP contribution in [0.25, 0.3) is 0 Å². The molecule has 106 valence electrons.